The first kappa shape index (κ1) is 13.4. The number of aliphatic imine (C=N–C) groups is 1. The van der Waals surface area contributed by atoms with Crippen molar-refractivity contribution in [2.75, 3.05) is 18.6 Å². The zero-order valence-corrected chi connectivity index (χ0v) is 12.0. The highest BCUT2D eigenvalue weighted by atomic mass is 16.5. The minimum absolute atomic E-state index is 0.438. The molecule has 0 amide bonds. The molecule has 108 valence electrons. The summed E-state index contributed by atoms with van der Waals surface area (Å²) in [6.07, 6.45) is 5.09. The first-order valence-electron chi connectivity index (χ1n) is 6.66. The van der Waals surface area contributed by atoms with Crippen LogP contribution in [-0.4, -0.2) is 29.6 Å². The second-order valence-corrected chi connectivity index (χ2v) is 5.07. The summed E-state index contributed by atoms with van der Waals surface area (Å²) in [5.74, 6) is 1.28. The van der Waals surface area contributed by atoms with Gasteiger partial charge in [0.25, 0.3) is 0 Å². The lowest BCUT2D eigenvalue weighted by Crippen LogP contribution is -2.48. The third-order valence-corrected chi connectivity index (χ3v) is 3.72. The Bertz CT molecular complexity index is 656. The van der Waals surface area contributed by atoms with Gasteiger partial charge in [-0.3, -0.25) is 19.9 Å². The standard InChI is InChI=1S/C15H17N5O/c1-15(13-9-17-7-8-18-13)10-19-14(16)20(15)11-3-5-12(21-2)6-4-11/h3-9H,10H2,1-2H3,(H2,16,19). The van der Waals surface area contributed by atoms with Crippen molar-refractivity contribution >= 4 is 11.6 Å². The van der Waals surface area contributed by atoms with E-state index >= 15 is 0 Å². The third-order valence-electron chi connectivity index (χ3n) is 3.72. The van der Waals surface area contributed by atoms with Crippen molar-refractivity contribution in [2.24, 2.45) is 10.7 Å². The van der Waals surface area contributed by atoms with Crippen molar-refractivity contribution in [3.05, 3.63) is 48.5 Å². The van der Waals surface area contributed by atoms with Crippen molar-refractivity contribution in [3.63, 3.8) is 0 Å². The van der Waals surface area contributed by atoms with E-state index in [9.17, 15) is 0 Å². The van der Waals surface area contributed by atoms with Crippen LogP contribution in [0.25, 0.3) is 0 Å². The number of anilines is 1. The number of methoxy groups -OCH3 is 1. The lowest BCUT2D eigenvalue weighted by Gasteiger charge is -2.35. The Morgan fingerprint density at radius 3 is 2.62 bits per heavy atom. The molecule has 0 bridgehead atoms. The Morgan fingerprint density at radius 1 is 1.24 bits per heavy atom. The summed E-state index contributed by atoms with van der Waals surface area (Å²) in [4.78, 5) is 14.9. The molecular formula is C15H17N5O. The van der Waals surface area contributed by atoms with Gasteiger partial charge in [0.2, 0.25) is 0 Å². The van der Waals surface area contributed by atoms with Crippen LogP contribution in [0.2, 0.25) is 0 Å². The summed E-state index contributed by atoms with van der Waals surface area (Å²) in [7, 11) is 1.64. The van der Waals surface area contributed by atoms with E-state index < -0.39 is 5.54 Å². The molecule has 2 heterocycles. The van der Waals surface area contributed by atoms with E-state index in [1.807, 2.05) is 29.2 Å². The molecule has 0 aliphatic carbocycles. The predicted octanol–water partition coefficient (Wildman–Crippen LogP) is 1.54. The molecule has 6 heteroatoms. The molecule has 0 spiro atoms. The zero-order chi connectivity index (χ0) is 14.9. The molecule has 2 aromatic rings. The molecule has 0 fully saturated rings. The van der Waals surface area contributed by atoms with Crippen LogP contribution in [0.15, 0.2) is 47.8 Å². The quantitative estimate of drug-likeness (QED) is 0.924. The van der Waals surface area contributed by atoms with E-state index in [0.29, 0.717) is 12.5 Å². The van der Waals surface area contributed by atoms with Crippen molar-refractivity contribution < 1.29 is 4.74 Å². The van der Waals surface area contributed by atoms with Crippen molar-refractivity contribution in [3.8, 4) is 5.75 Å². The highest BCUT2D eigenvalue weighted by Gasteiger charge is 2.41. The smallest absolute Gasteiger partial charge is 0.196 e. The maximum absolute atomic E-state index is 6.09. The molecule has 1 atom stereocenters. The first-order valence-corrected chi connectivity index (χ1v) is 6.66. The molecule has 3 rings (SSSR count). The fourth-order valence-electron chi connectivity index (χ4n) is 2.55. The monoisotopic (exact) mass is 283 g/mol. The summed E-state index contributed by atoms with van der Waals surface area (Å²) in [6, 6.07) is 7.72. The van der Waals surface area contributed by atoms with Crippen LogP contribution in [0.4, 0.5) is 5.69 Å². The molecule has 0 radical (unpaired) electrons. The Balaban J connectivity index is 2.02. The normalized spacial score (nSPS) is 21.2. The van der Waals surface area contributed by atoms with Crippen LogP contribution in [0.3, 0.4) is 0 Å². The summed E-state index contributed by atoms with van der Waals surface area (Å²) >= 11 is 0. The highest BCUT2D eigenvalue weighted by Crippen LogP contribution is 2.35. The fraction of sp³-hybridized carbons (Fsp3) is 0.267. The average molecular weight is 283 g/mol. The number of nitrogens with two attached hydrogens (primary N) is 1. The van der Waals surface area contributed by atoms with E-state index in [0.717, 1.165) is 17.1 Å². The van der Waals surface area contributed by atoms with Gasteiger partial charge in [-0.15, -0.1) is 0 Å². The summed E-state index contributed by atoms with van der Waals surface area (Å²) < 4.78 is 5.19. The molecule has 1 aliphatic heterocycles. The van der Waals surface area contributed by atoms with E-state index in [1.165, 1.54) is 0 Å². The van der Waals surface area contributed by atoms with Gasteiger partial charge in [-0.1, -0.05) is 0 Å². The number of hydrogen-bond donors (Lipinski definition) is 1. The van der Waals surface area contributed by atoms with E-state index in [2.05, 4.69) is 21.9 Å². The van der Waals surface area contributed by atoms with E-state index in [-0.39, 0.29) is 0 Å². The fourth-order valence-corrected chi connectivity index (χ4v) is 2.55. The number of rotatable bonds is 3. The number of ether oxygens (including phenoxy) is 1. The largest absolute Gasteiger partial charge is 0.497 e. The lowest BCUT2D eigenvalue weighted by atomic mass is 9.96. The van der Waals surface area contributed by atoms with E-state index in [4.69, 9.17) is 10.5 Å². The molecule has 1 aromatic carbocycles. The minimum atomic E-state index is -0.438. The lowest BCUT2D eigenvalue weighted by molar-refractivity contribution is 0.414. The van der Waals surface area contributed by atoms with Crippen molar-refractivity contribution in [1.29, 1.82) is 0 Å². The van der Waals surface area contributed by atoms with Gasteiger partial charge in [0, 0.05) is 18.1 Å². The third kappa shape index (κ3) is 2.18. The molecule has 21 heavy (non-hydrogen) atoms. The van der Waals surface area contributed by atoms with Gasteiger partial charge < -0.3 is 10.5 Å². The van der Waals surface area contributed by atoms with Gasteiger partial charge in [0.15, 0.2) is 5.96 Å². The van der Waals surface area contributed by atoms with Crippen LogP contribution >= 0.6 is 0 Å². The Morgan fingerprint density at radius 2 is 2.00 bits per heavy atom. The molecule has 1 aromatic heterocycles. The molecule has 6 nitrogen and oxygen atoms in total. The number of benzene rings is 1. The Hall–Kier alpha value is -2.63. The maximum atomic E-state index is 6.09. The SMILES string of the molecule is COc1ccc(N2C(N)=NCC2(C)c2cnccn2)cc1. The second-order valence-electron chi connectivity index (χ2n) is 5.07. The summed E-state index contributed by atoms with van der Waals surface area (Å²) in [5.41, 5.74) is 7.44. The molecule has 1 unspecified atom stereocenters. The molecule has 0 saturated heterocycles. The summed E-state index contributed by atoms with van der Waals surface area (Å²) in [5, 5.41) is 0. The minimum Gasteiger partial charge on any atom is -0.497 e. The van der Waals surface area contributed by atoms with Gasteiger partial charge in [0.1, 0.15) is 11.3 Å². The Labute approximate surface area is 123 Å². The molecule has 2 N–H and O–H groups in total. The van der Waals surface area contributed by atoms with Gasteiger partial charge in [-0.2, -0.15) is 0 Å². The number of nitrogens with zero attached hydrogens (tertiary/aromatic N) is 4. The zero-order valence-electron chi connectivity index (χ0n) is 12.0. The first-order chi connectivity index (χ1) is 10.1. The van der Waals surface area contributed by atoms with Crippen LogP contribution in [0, 0.1) is 0 Å². The second kappa shape index (κ2) is 5.05. The maximum Gasteiger partial charge on any atom is 0.196 e. The van der Waals surface area contributed by atoms with Gasteiger partial charge in [0.05, 0.1) is 25.5 Å². The number of aromatic nitrogens is 2. The van der Waals surface area contributed by atoms with Gasteiger partial charge >= 0.3 is 0 Å². The van der Waals surface area contributed by atoms with Crippen molar-refractivity contribution in [2.45, 2.75) is 12.5 Å². The highest BCUT2D eigenvalue weighted by molar-refractivity contribution is 5.98. The van der Waals surface area contributed by atoms with Crippen LogP contribution in [-0.2, 0) is 5.54 Å². The van der Waals surface area contributed by atoms with Gasteiger partial charge in [-0.25, -0.2) is 0 Å². The van der Waals surface area contributed by atoms with Crippen LogP contribution < -0.4 is 15.4 Å². The molecule has 1 aliphatic rings. The summed E-state index contributed by atoms with van der Waals surface area (Å²) in [6.45, 7) is 2.61. The number of hydrogen-bond acceptors (Lipinski definition) is 6. The van der Waals surface area contributed by atoms with Crippen LogP contribution in [0.1, 0.15) is 12.6 Å². The Kier molecular flexibility index (Phi) is 3.21. The molecule has 0 saturated carbocycles. The predicted molar refractivity (Wildman–Crippen MR) is 81.3 cm³/mol. The number of guanidine groups is 1. The topological polar surface area (TPSA) is 76.6 Å². The average Bonchev–Trinajstić information content (AvgIpc) is 2.85. The van der Waals surface area contributed by atoms with Crippen molar-refractivity contribution in [1.82, 2.24) is 9.97 Å². The van der Waals surface area contributed by atoms with Gasteiger partial charge in [-0.05, 0) is 31.2 Å². The molecular weight excluding hydrogens is 266 g/mol. The van der Waals surface area contributed by atoms with E-state index in [1.54, 1.807) is 25.7 Å². The van der Waals surface area contributed by atoms with Crippen LogP contribution in [0.5, 0.6) is 5.75 Å².